The van der Waals surface area contributed by atoms with E-state index in [9.17, 15) is 4.79 Å². The van der Waals surface area contributed by atoms with Gasteiger partial charge >= 0.3 is 0 Å². The van der Waals surface area contributed by atoms with E-state index < -0.39 is 0 Å². The van der Waals surface area contributed by atoms with Gasteiger partial charge in [-0.3, -0.25) is 4.79 Å². The molecular weight excluding hydrogens is 238 g/mol. The number of carbonyl (C=O) groups is 1. The number of rotatable bonds is 7. The lowest BCUT2D eigenvalue weighted by atomic mass is 10.0. The van der Waals surface area contributed by atoms with E-state index in [2.05, 4.69) is 12.2 Å². The molecule has 1 N–H and O–H groups in total. The van der Waals surface area contributed by atoms with Gasteiger partial charge in [0.15, 0.2) is 0 Å². The van der Waals surface area contributed by atoms with E-state index in [4.69, 9.17) is 4.74 Å². The Hall–Kier alpha value is -1.51. The van der Waals surface area contributed by atoms with Crippen LogP contribution in [0, 0.1) is 5.92 Å². The Bertz CT molecular complexity index is 386. The average Bonchev–Trinajstić information content (AvgIpc) is 2.40. The molecule has 0 bridgehead atoms. The highest BCUT2D eigenvalue weighted by atomic mass is 16.5. The number of ether oxygens (including phenoxy) is 1. The number of hydrogen-bond acceptors (Lipinski definition) is 2. The molecule has 0 heterocycles. The predicted octanol–water partition coefficient (Wildman–Crippen LogP) is 3.70. The molecule has 1 aromatic rings. The lowest BCUT2D eigenvalue weighted by Gasteiger charge is -2.18. The molecule has 2 atom stereocenters. The van der Waals surface area contributed by atoms with E-state index in [0.717, 1.165) is 24.2 Å². The van der Waals surface area contributed by atoms with Gasteiger partial charge in [-0.2, -0.15) is 0 Å². The van der Waals surface area contributed by atoms with Crippen molar-refractivity contribution < 1.29 is 9.53 Å². The Labute approximate surface area is 116 Å². The summed E-state index contributed by atoms with van der Waals surface area (Å²) in [5, 5.41) is 3.05. The molecule has 3 heteroatoms. The lowest BCUT2D eigenvalue weighted by molar-refractivity contribution is -0.125. The molecule has 3 nitrogen and oxygen atoms in total. The summed E-state index contributed by atoms with van der Waals surface area (Å²) in [6, 6.07) is 7.91. The third kappa shape index (κ3) is 4.93. The molecule has 0 spiro atoms. The second-order valence-corrected chi connectivity index (χ2v) is 4.92. The van der Waals surface area contributed by atoms with Gasteiger partial charge in [0, 0.05) is 5.92 Å². The third-order valence-electron chi connectivity index (χ3n) is 3.22. The minimum Gasteiger partial charge on any atom is -0.494 e. The topological polar surface area (TPSA) is 38.3 Å². The normalized spacial score (nSPS) is 13.7. The first kappa shape index (κ1) is 15.5. The monoisotopic (exact) mass is 263 g/mol. The first-order chi connectivity index (χ1) is 9.08. The van der Waals surface area contributed by atoms with E-state index in [0.29, 0.717) is 6.61 Å². The standard InChI is InChI=1S/C16H25NO2/c1-5-7-12(3)16(18)17-13(4)14-8-10-15(11-9-14)19-6-2/h8-13H,5-7H2,1-4H3,(H,17,18). The summed E-state index contributed by atoms with van der Waals surface area (Å²) < 4.78 is 5.40. The summed E-state index contributed by atoms with van der Waals surface area (Å²) >= 11 is 0. The van der Waals surface area contributed by atoms with E-state index in [-0.39, 0.29) is 17.9 Å². The molecule has 0 aromatic heterocycles. The highest BCUT2D eigenvalue weighted by Gasteiger charge is 2.15. The molecule has 1 amide bonds. The smallest absolute Gasteiger partial charge is 0.223 e. The zero-order valence-corrected chi connectivity index (χ0v) is 12.4. The third-order valence-corrected chi connectivity index (χ3v) is 3.22. The Morgan fingerprint density at radius 2 is 1.84 bits per heavy atom. The molecule has 1 aromatic carbocycles. The molecule has 0 fully saturated rings. The van der Waals surface area contributed by atoms with Crippen molar-refractivity contribution in [3.63, 3.8) is 0 Å². The highest BCUT2D eigenvalue weighted by molar-refractivity contribution is 5.78. The number of benzene rings is 1. The van der Waals surface area contributed by atoms with E-state index >= 15 is 0 Å². The van der Waals surface area contributed by atoms with Crippen molar-refractivity contribution in [2.45, 2.75) is 46.6 Å². The molecule has 19 heavy (non-hydrogen) atoms. The second-order valence-electron chi connectivity index (χ2n) is 4.92. The van der Waals surface area contributed by atoms with Gasteiger partial charge in [0.25, 0.3) is 0 Å². The Kier molecular flexibility index (Phi) is 6.40. The first-order valence-electron chi connectivity index (χ1n) is 7.11. The summed E-state index contributed by atoms with van der Waals surface area (Å²) in [5.41, 5.74) is 1.10. The molecule has 0 aliphatic rings. The second kappa shape index (κ2) is 7.82. The SMILES string of the molecule is CCCC(C)C(=O)NC(C)c1ccc(OCC)cc1. The fourth-order valence-corrected chi connectivity index (χ4v) is 2.02. The predicted molar refractivity (Wildman–Crippen MR) is 78.2 cm³/mol. The number of hydrogen-bond donors (Lipinski definition) is 1. The maximum absolute atomic E-state index is 12.0. The molecule has 0 aliphatic heterocycles. The van der Waals surface area contributed by atoms with Gasteiger partial charge in [-0.25, -0.2) is 0 Å². The summed E-state index contributed by atoms with van der Waals surface area (Å²) in [6.45, 7) is 8.71. The minimum absolute atomic E-state index is 0.0301. The van der Waals surface area contributed by atoms with Crippen LogP contribution < -0.4 is 10.1 Å². The van der Waals surface area contributed by atoms with Gasteiger partial charge in [-0.05, 0) is 38.0 Å². The molecule has 106 valence electrons. The molecule has 0 radical (unpaired) electrons. The fraction of sp³-hybridized carbons (Fsp3) is 0.562. The van der Waals surface area contributed by atoms with Gasteiger partial charge in [0.1, 0.15) is 5.75 Å². The average molecular weight is 263 g/mol. The van der Waals surface area contributed by atoms with Crippen LogP contribution in [0.4, 0.5) is 0 Å². The quantitative estimate of drug-likeness (QED) is 0.814. The summed E-state index contributed by atoms with van der Waals surface area (Å²) in [5.74, 6) is 1.07. The largest absolute Gasteiger partial charge is 0.494 e. The Morgan fingerprint density at radius 1 is 1.21 bits per heavy atom. The van der Waals surface area contributed by atoms with Crippen molar-refractivity contribution in [3.8, 4) is 5.75 Å². The minimum atomic E-state index is 0.0301. The van der Waals surface area contributed by atoms with Gasteiger partial charge in [-0.15, -0.1) is 0 Å². The van der Waals surface area contributed by atoms with Crippen molar-refractivity contribution in [1.29, 1.82) is 0 Å². The fourth-order valence-electron chi connectivity index (χ4n) is 2.02. The molecule has 2 unspecified atom stereocenters. The Morgan fingerprint density at radius 3 is 2.37 bits per heavy atom. The summed E-state index contributed by atoms with van der Waals surface area (Å²) in [7, 11) is 0. The number of nitrogens with one attached hydrogen (secondary N) is 1. The molecule has 0 saturated heterocycles. The number of carbonyl (C=O) groups excluding carboxylic acids is 1. The molecule has 0 aliphatic carbocycles. The van der Waals surface area contributed by atoms with E-state index in [1.165, 1.54) is 0 Å². The van der Waals surface area contributed by atoms with Crippen molar-refractivity contribution in [1.82, 2.24) is 5.32 Å². The van der Waals surface area contributed by atoms with Crippen LogP contribution >= 0.6 is 0 Å². The first-order valence-corrected chi connectivity index (χ1v) is 7.11. The van der Waals surface area contributed by atoms with Gasteiger partial charge < -0.3 is 10.1 Å². The molecule has 1 rings (SSSR count). The van der Waals surface area contributed by atoms with E-state index in [1.54, 1.807) is 0 Å². The van der Waals surface area contributed by atoms with Crippen molar-refractivity contribution in [2.75, 3.05) is 6.61 Å². The van der Waals surface area contributed by atoms with E-state index in [1.807, 2.05) is 45.0 Å². The highest BCUT2D eigenvalue weighted by Crippen LogP contribution is 2.18. The van der Waals surface area contributed by atoms with Gasteiger partial charge in [0.2, 0.25) is 5.91 Å². The van der Waals surface area contributed by atoms with Crippen LogP contribution in [-0.2, 0) is 4.79 Å². The Balaban J connectivity index is 2.57. The van der Waals surface area contributed by atoms with Crippen LogP contribution in [-0.4, -0.2) is 12.5 Å². The van der Waals surface area contributed by atoms with Crippen molar-refractivity contribution in [3.05, 3.63) is 29.8 Å². The molecule has 0 saturated carbocycles. The van der Waals surface area contributed by atoms with Crippen LogP contribution in [0.5, 0.6) is 5.75 Å². The summed E-state index contributed by atoms with van der Waals surface area (Å²) in [6.07, 6.45) is 1.97. The van der Waals surface area contributed by atoms with Gasteiger partial charge in [-0.1, -0.05) is 32.4 Å². The maximum Gasteiger partial charge on any atom is 0.223 e. The van der Waals surface area contributed by atoms with Crippen molar-refractivity contribution in [2.24, 2.45) is 5.92 Å². The van der Waals surface area contributed by atoms with Crippen LogP contribution in [0.15, 0.2) is 24.3 Å². The number of amides is 1. The zero-order valence-electron chi connectivity index (χ0n) is 12.4. The van der Waals surface area contributed by atoms with Crippen LogP contribution in [0.3, 0.4) is 0 Å². The van der Waals surface area contributed by atoms with Crippen molar-refractivity contribution >= 4 is 5.91 Å². The van der Waals surface area contributed by atoms with Crippen LogP contribution in [0.25, 0.3) is 0 Å². The zero-order chi connectivity index (χ0) is 14.3. The lowest BCUT2D eigenvalue weighted by Crippen LogP contribution is -2.31. The maximum atomic E-state index is 12.0. The van der Waals surface area contributed by atoms with Crippen LogP contribution in [0.2, 0.25) is 0 Å². The molecular formula is C16H25NO2. The van der Waals surface area contributed by atoms with Gasteiger partial charge in [0.05, 0.1) is 12.6 Å². The van der Waals surface area contributed by atoms with Crippen LogP contribution in [0.1, 0.15) is 52.1 Å². The summed E-state index contributed by atoms with van der Waals surface area (Å²) in [4.78, 5) is 12.0.